The summed E-state index contributed by atoms with van der Waals surface area (Å²) < 4.78 is 10.8. The van der Waals surface area contributed by atoms with E-state index in [0.717, 1.165) is 34.3 Å². The second kappa shape index (κ2) is 7.96. The van der Waals surface area contributed by atoms with Crippen molar-refractivity contribution in [3.63, 3.8) is 0 Å². The number of amides is 1. The summed E-state index contributed by atoms with van der Waals surface area (Å²) in [6, 6.07) is 15.0. The largest absolute Gasteiger partial charge is 0.493 e. The van der Waals surface area contributed by atoms with E-state index >= 15 is 0 Å². The summed E-state index contributed by atoms with van der Waals surface area (Å²) in [6.07, 6.45) is 2.29. The van der Waals surface area contributed by atoms with E-state index < -0.39 is 0 Å². The maximum Gasteiger partial charge on any atom is 0.258 e. The molecule has 1 saturated carbocycles. The van der Waals surface area contributed by atoms with Crippen LogP contribution in [-0.4, -0.2) is 35.3 Å². The van der Waals surface area contributed by atoms with Gasteiger partial charge in [-0.1, -0.05) is 29.5 Å². The predicted molar refractivity (Wildman–Crippen MR) is 120 cm³/mol. The molecule has 7 nitrogen and oxygen atoms in total. The van der Waals surface area contributed by atoms with E-state index in [9.17, 15) is 4.79 Å². The highest BCUT2D eigenvalue weighted by Crippen LogP contribution is 2.42. The van der Waals surface area contributed by atoms with Crippen LogP contribution in [-0.2, 0) is 0 Å². The monoisotopic (exact) mass is 432 g/mol. The van der Waals surface area contributed by atoms with Crippen molar-refractivity contribution < 1.29 is 14.3 Å². The van der Waals surface area contributed by atoms with Crippen molar-refractivity contribution in [2.45, 2.75) is 18.8 Å². The van der Waals surface area contributed by atoms with E-state index in [4.69, 9.17) is 14.5 Å². The number of ether oxygens (including phenoxy) is 2. The van der Waals surface area contributed by atoms with Gasteiger partial charge >= 0.3 is 0 Å². The summed E-state index contributed by atoms with van der Waals surface area (Å²) in [5.41, 5.74) is 2.75. The minimum absolute atomic E-state index is 0.237. The van der Waals surface area contributed by atoms with Gasteiger partial charge in [0.15, 0.2) is 11.5 Å². The molecule has 0 unspecified atom stereocenters. The molecule has 2 aromatic heterocycles. The Balaban J connectivity index is 1.54. The van der Waals surface area contributed by atoms with Crippen molar-refractivity contribution in [2.75, 3.05) is 19.5 Å². The fraction of sp³-hybridized carbons (Fsp3) is 0.217. The zero-order valence-corrected chi connectivity index (χ0v) is 17.9. The normalized spacial score (nSPS) is 13.2. The van der Waals surface area contributed by atoms with Crippen molar-refractivity contribution in [2.24, 2.45) is 0 Å². The van der Waals surface area contributed by atoms with Gasteiger partial charge in [0.25, 0.3) is 5.91 Å². The Labute approximate surface area is 183 Å². The molecular weight excluding hydrogens is 412 g/mol. The number of pyridine rings is 1. The molecule has 0 saturated heterocycles. The summed E-state index contributed by atoms with van der Waals surface area (Å²) in [5.74, 6) is 1.50. The number of para-hydroxylation sites is 1. The molecule has 0 atom stereocenters. The molecule has 8 heteroatoms. The highest BCUT2D eigenvalue weighted by atomic mass is 32.1. The van der Waals surface area contributed by atoms with E-state index in [1.165, 1.54) is 11.3 Å². The molecule has 0 aliphatic heterocycles. The molecule has 4 aromatic rings. The second-order valence-electron chi connectivity index (χ2n) is 7.32. The van der Waals surface area contributed by atoms with Crippen molar-refractivity contribution in [3.05, 3.63) is 59.1 Å². The molecule has 0 radical (unpaired) electrons. The summed E-state index contributed by atoms with van der Waals surface area (Å²) in [5, 5.41) is 13.5. The molecule has 2 heterocycles. The molecule has 1 fully saturated rings. The van der Waals surface area contributed by atoms with Gasteiger partial charge in [-0.3, -0.25) is 10.1 Å². The number of anilines is 1. The standard InChI is InChI=1S/C23H20N4O3S/c1-29-19-10-9-14(11-20(19)30-2)18-12-16(15-5-3-4-6-17(15)24-18)21(28)25-23-27-26-22(31-23)13-7-8-13/h3-6,9-13H,7-8H2,1-2H3,(H,25,27,28). The van der Waals surface area contributed by atoms with Crippen molar-refractivity contribution in [3.8, 4) is 22.8 Å². The summed E-state index contributed by atoms with van der Waals surface area (Å²) in [6.45, 7) is 0. The molecule has 1 amide bonds. The van der Waals surface area contributed by atoms with Crippen LogP contribution in [0.5, 0.6) is 11.5 Å². The molecule has 1 aliphatic rings. The number of nitrogens with zero attached hydrogens (tertiary/aromatic N) is 3. The zero-order chi connectivity index (χ0) is 21.4. The molecule has 31 heavy (non-hydrogen) atoms. The van der Waals surface area contributed by atoms with E-state index in [1.54, 1.807) is 20.3 Å². The van der Waals surface area contributed by atoms with Gasteiger partial charge in [0.2, 0.25) is 5.13 Å². The Hall–Kier alpha value is -3.52. The van der Waals surface area contributed by atoms with E-state index in [1.807, 2.05) is 42.5 Å². The third-order valence-electron chi connectivity index (χ3n) is 5.23. The molecule has 0 spiro atoms. The van der Waals surface area contributed by atoms with Crippen LogP contribution in [0.2, 0.25) is 0 Å². The van der Waals surface area contributed by atoms with Gasteiger partial charge in [0.1, 0.15) is 5.01 Å². The lowest BCUT2D eigenvalue weighted by molar-refractivity contribution is 0.102. The van der Waals surface area contributed by atoms with Crippen LogP contribution in [0.25, 0.3) is 22.2 Å². The van der Waals surface area contributed by atoms with Gasteiger partial charge in [-0.05, 0) is 43.2 Å². The summed E-state index contributed by atoms with van der Waals surface area (Å²) >= 11 is 1.44. The number of aromatic nitrogens is 3. The highest BCUT2D eigenvalue weighted by Gasteiger charge is 2.28. The first kappa shape index (κ1) is 19.4. The van der Waals surface area contributed by atoms with Crippen LogP contribution in [0.3, 0.4) is 0 Å². The minimum Gasteiger partial charge on any atom is -0.493 e. The minimum atomic E-state index is -0.237. The first-order valence-corrected chi connectivity index (χ1v) is 10.7. The van der Waals surface area contributed by atoms with E-state index in [-0.39, 0.29) is 5.91 Å². The average molecular weight is 433 g/mol. The fourth-order valence-corrected chi connectivity index (χ4v) is 4.36. The van der Waals surface area contributed by atoms with Crippen molar-refractivity contribution in [1.29, 1.82) is 0 Å². The average Bonchev–Trinajstić information content (AvgIpc) is 3.56. The number of methoxy groups -OCH3 is 2. The van der Waals surface area contributed by atoms with Crippen LogP contribution in [0, 0.1) is 0 Å². The Bertz CT molecular complexity index is 1280. The third kappa shape index (κ3) is 3.82. The Morgan fingerprint density at radius 1 is 1.03 bits per heavy atom. The Kier molecular flexibility index (Phi) is 4.99. The first-order valence-electron chi connectivity index (χ1n) is 9.93. The van der Waals surface area contributed by atoms with Gasteiger partial charge in [-0.25, -0.2) is 4.98 Å². The molecule has 0 bridgehead atoms. The number of hydrogen-bond donors (Lipinski definition) is 1. The SMILES string of the molecule is COc1ccc(-c2cc(C(=O)Nc3nnc(C4CC4)s3)c3ccccc3n2)cc1OC. The lowest BCUT2D eigenvalue weighted by atomic mass is 10.0. The van der Waals surface area contributed by atoms with Gasteiger partial charge in [0.05, 0.1) is 31.0 Å². The lowest BCUT2D eigenvalue weighted by Gasteiger charge is -2.12. The molecule has 1 aliphatic carbocycles. The fourth-order valence-electron chi connectivity index (χ4n) is 3.45. The molecular formula is C23H20N4O3S. The quantitative estimate of drug-likeness (QED) is 0.466. The van der Waals surface area contributed by atoms with Gasteiger partial charge in [-0.2, -0.15) is 0 Å². The first-order chi connectivity index (χ1) is 15.2. The van der Waals surface area contributed by atoms with Crippen LogP contribution in [0.15, 0.2) is 48.5 Å². The van der Waals surface area contributed by atoms with Gasteiger partial charge in [-0.15, -0.1) is 10.2 Å². The van der Waals surface area contributed by atoms with Crippen LogP contribution < -0.4 is 14.8 Å². The van der Waals surface area contributed by atoms with Crippen LogP contribution >= 0.6 is 11.3 Å². The molecule has 1 N–H and O–H groups in total. The summed E-state index contributed by atoms with van der Waals surface area (Å²) in [7, 11) is 3.18. The summed E-state index contributed by atoms with van der Waals surface area (Å²) in [4.78, 5) is 17.9. The lowest BCUT2D eigenvalue weighted by Crippen LogP contribution is -2.13. The maximum absolute atomic E-state index is 13.2. The maximum atomic E-state index is 13.2. The number of nitrogens with one attached hydrogen (secondary N) is 1. The number of carbonyl (C=O) groups is 1. The van der Waals surface area contributed by atoms with E-state index in [0.29, 0.717) is 33.8 Å². The topological polar surface area (TPSA) is 86.2 Å². The molecule has 156 valence electrons. The predicted octanol–water partition coefficient (Wildman–Crippen LogP) is 4.90. The number of carbonyl (C=O) groups excluding carboxylic acids is 1. The van der Waals surface area contributed by atoms with Crippen LogP contribution in [0.4, 0.5) is 5.13 Å². The highest BCUT2D eigenvalue weighted by molar-refractivity contribution is 7.15. The number of fused-ring (bicyclic) bond motifs is 1. The van der Waals surface area contributed by atoms with Crippen molar-refractivity contribution >= 4 is 33.3 Å². The van der Waals surface area contributed by atoms with E-state index in [2.05, 4.69) is 15.5 Å². The smallest absolute Gasteiger partial charge is 0.258 e. The number of rotatable bonds is 6. The second-order valence-corrected chi connectivity index (χ2v) is 8.32. The van der Waals surface area contributed by atoms with Gasteiger partial charge < -0.3 is 9.47 Å². The molecule has 5 rings (SSSR count). The zero-order valence-electron chi connectivity index (χ0n) is 17.1. The Morgan fingerprint density at radius 2 is 1.84 bits per heavy atom. The van der Waals surface area contributed by atoms with Crippen molar-refractivity contribution in [1.82, 2.24) is 15.2 Å². The number of benzene rings is 2. The van der Waals surface area contributed by atoms with Gasteiger partial charge in [0, 0.05) is 16.9 Å². The third-order valence-corrected chi connectivity index (χ3v) is 6.23. The molecule has 2 aromatic carbocycles. The Morgan fingerprint density at radius 3 is 2.61 bits per heavy atom. The number of hydrogen-bond acceptors (Lipinski definition) is 7. The van der Waals surface area contributed by atoms with Crippen LogP contribution in [0.1, 0.15) is 34.1 Å².